The Hall–Kier alpha value is -0.0500. The van der Waals surface area contributed by atoms with Crippen LogP contribution in [0.2, 0.25) is 0 Å². The van der Waals surface area contributed by atoms with E-state index in [9.17, 15) is 4.79 Å². The molecule has 0 aromatic heterocycles. The molecule has 2 nitrogen and oxygen atoms in total. The maximum Gasteiger partial charge on any atom is 0.311 e. The number of halogens is 1. The average molecular weight is 237 g/mol. The zero-order chi connectivity index (χ0) is 9.78. The van der Waals surface area contributed by atoms with Gasteiger partial charge in [0.25, 0.3) is 0 Å². The van der Waals surface area contributed by atoms with Gasteiger partial charge in [0.15, 0.2) is 0 Å². The van der Waals surface area contributed by atoms with Crippen molar-refractivity contribution < 1.29 is 9.53 Å². The van der Waals surface area contributed by atoms with Crippen LogP contribution < -0.4 is 0 Å². The van der Waals surface area contributed by atoms with Gasteiger partial charge in [0.05, 0.1) is 5.41 Å². The molecule has 0 aliphatic heterocycles. The van der Waals surface area contributed by atoms with Crippen LogP contribution in [0.25, 0.3) is 0 Å². The largest absolute Gasteiger partial charge is 0.464 e. The molecule has 0 saturated carbocycles. The van der Waals surface area contributed by atoms with E-state index in [0.717, 1.165) is 6.42 Å². The van der Waals surface area contributed by atoms with Crippen LogP contribution in [-0.2, 0) is 9.53 Å². The Morgan fingerprint density at radius 1 is 1.58 bits per heavy atom. The summed E-state index contributed by atoms with van der Waals surface area (Å²) in [5, 5.41) is 0. The van der Waals surface area contributed by atoms with Crippen LogP contribution in [0.15, 0.2) is 0 Å². The molecule has 12 heavy (non-hydrogen) atoms. The molecular formula is C9H17BrO2. The summed E-state index contributed by atoms with van der Waals surface area (Å²) < 4.78 is 5.07. The van der Waals surface area contributed by atoms with Crippen molar-refractivity contribution >= 4 is 21.9 Å². The molecule has 0 amide bonds. The minimum atomic E-state index is -0.345. The van der Waals surface area contributed by atoms with E-state index in [4.69, 9.17) is 4.74 Å². The molecule has 0 spiro atoms. The van der Waals surface area contributed by atoms with Gasteiger partial charge in [-0.25, -0.2) is 0 Å². The van der Waals surface area contributed by atoms with Crippen LogP contribution in [0.4, 0.5) is 0 Å². The molecule has 0 aromatic rings. The zero-order valence-electron chi connectivity index (χ0n) is 8.19. The predicted molar refractivity (Wildman–Crippen MR) is 53.4 cm³/mol. The zero-order valence-corrected chi connectivity index (χ0v) is 9.77. The van der Waals surface area contributed by atoms with Crippen LogP contribution in [0.5, 0.6) is 0 Å². The quantitative estimate of drug-likeness (QED) is 0.555. The number of alkyl halides is 1. The monoisotopic (exact) mass is 236 g/mol. The molecule has 1 atom stereocenters. The summed E-state index contributed by atoms with van der Waals surface area (Å²) in [6.45, 7) is 8.18. The van der Waals surface area contributed by atoms with E-state index in [-0.39, 0.29) is 16.2 Å². The average Bonchev–Trinajstić information content (AvgIpc) is 2.00. The maximum atomic E-state index is 11.4. The lowest BCUT2D eigenvalue weighted by molar-refractivity contribution is -0.153. The highest BCUT2D eigenvalue weighted by Crippen LogP contribution is 2.21. The first kappa shape index (κ1) is 11.9. The fraction of sp³-hybridized carbons (Fsp3) is 0.889. The van der Waals surface area contributed by atoms with E-state index in [1.54, 1.807) is 0 Å². The molecule has 0 N–H and O–H groups in total. The smallest absolute Gasteiger partial charge is 0.311 e. The fourth-order valence-electron chi connectivity index (χ4n) is 0.530. The summed E-state index contributed by atoms with van der Waals surface area (Å²) in [6, 6.07) is 0. The van der Waals surface area contributed by atoms with Crippen molar-refractivity contribution in [2.45, 2.75) is 38.9 Å². The molecule has 0 aliphatic carbocycles. The second kappa shape index (κ2) is 4.85. The summed E-state index contributed by atoms with van der Waals surface area (Å²) in [7, 11) is 0. The Morgan fingerprint density at radius 3 is 2.42 bits per heavy atom. The molecule has 0 fully saturated rings. The van der Waals surface area contributed by atoms with E-state index in [2.05, 4.69) is 15.9 Å². The van der Waals surface area contributed by atoms with Crippen LogP contribution in [0, 0.1) is 5.41 Å². The highest BCUT2D eigenvalue weighted by atomic mass is 79.9. The first-order valence-electron chi connectivity index (χ1n) is 4.21. The van der Waals surface area contributed by atoms with Crippen molar-refractivity contribution in [3.63, 3.8) is 0 Å². The molecule has 72 valence electrons. The van der Waals surface area contributed by atoms with E-state index < -0.39 is 0 Å². The van der Waals surface area contributed by atoms with E-state index in [1.807, 2.05) is 27.7 Å². The Labute approximate surface area is 82.8 Å². The second-order valence-corrected chi connectivity index (χ2v) is 5.18. The number of rotatable bonds is 4. The first-order chi connectivity index (χ1) is 5.40. The molecule has 0 aromatic carbocycles. The molecule has 0 radical (unpaired) electrons. The lowest BCUT2D eigenvalue weighted by Crippen LogP contribution is -2.27. The van der Waals surface area contributed by atoms with Crippen LogP contribution >= 0.6 is 15.9 Å². The van der Waals surface area contributed by atoms with Crippen LogP contribution in [-0.4, -0.2) is 17.4 Å². The van der Waals surface area contributed by atoms with E-state index >= 15 is 0 Å². The van der Waals surface area contributed by atoms with Gasteiger partial charge in [-0.2, -0.15) is 0 Å². The number of carbonyl (C=O) groups excluding carboxylic acids is 1. The van der Waals surface area contributed by atoms with Crippen molar-refractivity contribution in [3.05, 3.63) is 0 Å². The highest BCUT2D eigenvalue weighted by Gasteiger charge is 2.27. The summed E-state index contributed by atoms with van der Waals surface area (Å²) in [5.74, 6) is -0.115. The number of ether oxygens (including phenoxy) is 1. The van der Waals surface area contributed by atoms with Crippen molar-refractivity contribution in [2.75, 3.05) is 6.61 Å². The third-order valence-corrected chi connectivity index (χ3v) is 2.14. The molecule has 0 saturated heterocycles. The topological polar surface area (TPSA) is 26.3 Å². The van der Waals surface area contributed by atoms with Crippen molar-refractivity contribution in [3.8, 4) is 0 Å². The van der Waals surface area contributed by atoms with Gasteiger partial charge in [-0.05, 0) is 27.2 Å². The minimum absolute atomic E-state index is 0.115. The molecule has 0 bridgehead atoms. The summed E-state index contributed by atoms with van der Waals surface area (Å²) in [5.41, 5.74) is -0.345. The maximum absolute atomic E-state index is 11.4. The molecular weight excluding hydrogens is 220 g/mol. The number of esters is 1. The summed E-state index contributed by atoms with van der Waals surface area (Å²) >= 11 is 3.31. The molecule has 0 heterocycles. The first-order valence-corrected chi connectivity index (χ1v) is 5.13. The number of hydrogen-bond acceptors (Lipinski definition) is 2. The third kappa shape index (κ3) is 4.10. The number of hydrogen-bond donors (Lipinski definition) is 0. The predicted octanol–water partition coefficient (Wildman–Crippen LogP) is 2.75. The van der Waals surface area contributed by atoms with Gasteiger partial charge in [0, 0.05) is 4.83 Å². The van der Waals surface area contributed by atoms with Crippen molar-refractivity contribution in [1.29, 1.82) is 0 Å². The molecule has 0 rings (SSSR count). The van der Waals surface area contributed by atoms with Gasteiger partial charge < -0.3 is 4.74 Å². The van der Waals surface area contributed by atoms with Gasteiger partial charge >= 0.3 is 5.97 Å². The Kier molecular flexibility index (Phi) is 4.83. The lowest BCUT2D eigenvalue weighted by Gasteiger charge is -2.20. The highest BCUT2D eigenvalue weighted by molar-refractivity contribution is 9.09. The standard InChI is InChI=1S/C9H17BrO2/c1-5-9(3,4)8(11)12-6-7(2)10/h7H,5-6H2,1-4H3. The molecule has 1 unspecified atom stereocenters. The number of carbonyl (C=O) groups is 1. The van der Waals surface area contributed by atoms with Crippen LogP contribution in [0.3, 0.4) is 0 Å². The minimum Gasteiger partial charge on any atom is -0.464 e. The van der Waals surface area contributed by atoms with E-state index in [0.29, 0.717) is 6.61 Å². The summed E-state index contributed by atoms with van der Waals surface area (Å²) in [6.07, 6.45) is 0.808. The van der Waals surface area contributed by atoms with Gasteiger partial charge in [-0.3, -0.25) is 4.79 Å². The van der Waals surface area contributed by atoms with Gasteiger partial charge in [0.2, 0.25) is 0 Å². The van der Waals surface area contributed by atoms with Crippen molar-refractivity contribution in [2.24, 2.45) is 5.41 Å². The van der Waals surface area contributed by atoms with Crippen LogP contribution in [0.1, 0.15) is 34.1 Å². The van der Waals surface area contributed by atoms with Gasteiger partial charge in [0.1, 0.15) is 6.61 Å². The normalized spacial score (nSPS) is 14.1. The van der Waals surface area contributed by atoms with Gasteiger partial charge in [-0.1, -0.05) is 22.9 Å². The molecule has 3 heteroatoms. The van der Waals surface area contributed by atoms with Gasteiger partial charge in [-0.15, -0.1) is 0 Å². The Bertz CT molecular complexity index is 153. The SMILES string of the molecule is CCC(C)(C)C(=O)OCC(C)Br. The van der Waals surface area contributed by atoms with E-state index in [1.165, 1.54) is 0 Å². The third-order valence-electron chi connectivity index (χ3n) is 1.88. The summed E-state index contributed by atoms with van der Waals surface area (Å²) in [4.78, 5) is 11.6. The Morgan fingerprint density at radius 2 is 2.08 bits per heavy atom. The molecule has 0 aliphatic rings. The Balaban J connectivity index is 3.88. The fourth-order valence-corrected chi connectivity index (χ4v) is 0.662. The second-order valence-electron chi connectivity index (χ2n) is 3.62. The van der Waals surface area contributed by atoms with Crippen molar-refractivity contribution in [1.82, 2.24) is 0 Å². The lowest BCUT2D eigenvalue weighted by atomic mass is 9.91.